The normalized spacial score (nSPS) is 15.9. The lowest BCUT2D eigenvalue weighted by molar-refractivity contribution is -0.156. The molecule has 22 heteroatoms. The molecule has 0 aliphatic carbocycles. The van der Waals surface area contributed by atoms with Crippen LogP contribution < -0.4 is 42.5 Å². The SMILES string of the molecule is C=CCOC(=O)C(N1C(=O)[C@H]([C@@H](C)O[Si](C)(C)C(C)(C)C)[C@H]1CC(=O)c1ccc(CC(=O)Nc2ccncc2)cc1)=P(c1ccccc1)(c1ccccc1)c1ccccc1.C=CCOC(=O)C(N1C(=O)[C@H]([C@@H](C)O[Si](C)(C)C)[C@H]1CC(=O)c1ccc(CC(=O)Nc2ccncc2)cc1)=P(c1ccccc1)(c1ccccc1)c1ccccc1. The Labute approximate surface area is 689 Å². The maximum atomic E-state index is 15.2. The standard InChI is InChI=1S/C49H54N3O6PSi.C46H48N3O6PSi/c1-8-32-57-48(56)47(59(39-18-12-9-13-19-39,40-20-14-10-15-21-40)41-22-16-11-17-23-41)52-42(45(46(52)55)35(2)58-60(6,7)49(3,4)5)34-43(53)37-26-24-36(25-27-37)33-44(54)51-38-28-30-50-31-29-38;1-6-30-54-46(53)45(56(37-16-10-7-11-17-37,38-18-12-8-13-19-38)39-20-14-9-15-21-39)49-40(43(44(49)52)33(2)55-57(3,4)5)32-41(50)35-24-22-34(23-25-35)31-42(51)48-36-26-28-47-29-27-36/h8-31,35,42,45H,1,32-34H2,2-7H3,(H,50,51,54);6-29,33,40,43H,1,30-32H2,2-5H3,(H,47,48,51)/t35-,42-,45-;33-,40-,43-/m11/s1. The zero-order valence-corrected chi connectivity index (χ0v) is 71.7. The fourth-order valence-electron chi connectivity index (χ4n) is 15.1. The highest BCUT2D eigenvalue weighted by Gasteiger charge is 2.59. The summed E-state index contributed by atoms with van der Waals surface area (Å²) in [5.41, 5.74) is 4.00. The molecule has 18 nitrogen and oxygen atoms in total. The van der Waals surface area contributed by atoms with Crippen molar-refractivity contribution in [1.29, 1.82) is 0 Å². The zero-order chi connectivity index (χ0) is 83.7. The minimum Gasteiger partial charge on any atom is -0.457 e. The van der Waals surface area contributed by atoms with Crippen LogP contribution in [-0.2, 0) is 59.9 Å². The summed E-state index contributed by atoms with van der Waals surface area (Å²) < 4.78 is 25.3. The number of esters is 2. The molecule has 10 aromatic rings. The molecule has 4 heterocycles. The first kappa shape index (κ1) is 86.5. The first-order valence-corrected chi connectivity index (χ1v) is 49.1. The largest absolute Gasteiger partial charge is 0.457 e. The first-order valence-electron chi connectivity index (χ1n) is 39.2. The minimum atomic E-state index is -3.21. The molecule has 2 aliphatic rings. The number of nitrogens with zero attached hydrogens (tertiary/aromatic N) is 4. The van der Waals surface area contributed by atoms with Crippen molar-refractivity contribution in [3.8, 4) is 0 Å². The van der Waals surface area contributed by atoms with Crippen LogP contribution in [0.25, 0.3) is 0 Å². The molecule has 6 atom stereocenters. The second-order valence-electron chi connectivity index (χ2n) is 31.5. The molecule has 4 amide bonds. The monoisotopic (exact) mass is 1640 g/mol. The number of carbonyl (C=O) groups excluding carboxylic acids is 8. The van der Waals surface area contributed by atoms with Gasteiger partial charge in [0.05, 0.1) is 49.0 Å². The van der Waals surface area contributed by atoms with E-state index in [-0.39, 0.29) is 90.0 Å². The minimum absolute atomic E-state index is 0.0716. The van der Waals surface area contributed by atoms with Crippen LogP contribution in [0.2, 0.25) is 37.8 Å². The number of ketones is 2. The third-order valence-corrected chi connectivity index (χ3v) is 35.5. The van der Waals surface area contributed by atoms with Crippen molar-refractivity contribution in [2.24, 2.45) is 11.8 Å². The highest BCUT2D eigenvalue weighted by atomic mass is 31.2. The van der Waals surface area contributed by atoms with E-state index in [2.05, 4.69) is 87.3 Å². The Kier molecular flexibility index (Phi) is 28.5. The van der Waals surface area contributed by atoms with Crippen molar-refractivity contribution in [2.75, 3.05) is 23.8 Å². The quantitative estimate of drug-likeness (QED) is 0.00998. The van der Waals surface area contributed by atoms with E-state index in [0.29, 0.717) is 22.5 Å². The molecule has 2 saturated heterocycles. The number of benzene rings is 8. The van der Waals surface area contributed by atoms with E-state index in [4.69, 9.17) is 18.3 Å². The second kappa shape index (κ2) is 38.6. The van der Waals surface area contributed by atoms with Crippen LogP contribution in [0.15, 0.2) is 305 Å². The highest BCUT2D eigenvalue weighted by Crippen LogP contribution is 2.53. The lowest BCUT2D eigenvalue weighted by Crippen LogP contribution is -2.69. The van der Waals surface area contributed by atoms with E-state index < -0.39 is 78.5 Å². The van der Waals surface area contributed by atoms with Gasteiger partial charge in [0.25, 0.3) is 0 Å². The summed E-state index contributed by atoms with van der Waals surface area (Å²) in [6, 6.07) is 78.0. The molecule has 2 N–H and O–H groups in total. The third-order valence-electron chi connectivity index (χ3n) is 21.4. The summed E-state index contributed by atoms with van der Waals surface area (Å²) >= 11 is 0. The number of β-lactam (4-membered cyclic amide) rings is 2. The summed E-state index contributed by atoms with van der Waals surface area (Å²) in [5, 5.41) is 10.7. The Morgan fingerprint density at radius 3 is 0.983 bits per heavy atom. The van der Waals surface area contributed by atoms with Gasteiger partial charge in [-0.25, -0.2) is 9.59 Å². The van der Waals surface area contributed by atoms with Crippen molar-refractivity contribution < 1.29 is 56.7 Å². The Bertz CT molecular complexity index is 5090. The van der Waals surface area contributed by atoms with Crippen molar-refractivity contribution >= 4 is 132 Å². The predicted octanol–water partition coefficient (Wildman–Crippen LogP) is 14.7. The third kappa shape index (κ3) is 19.9. The van der Waals surface area contributed by atoms with Crippen molar-refractivity contribution in [3.05, 3.63) is 327 Å². The summed E-state index contributed by atoms with van der Waals surface area (Å²) in [4.78, 5) is 126. The maximum absolute atomic E-state index is 15.2. The molecule has 12 rings (SSSR count). The van der Waals surface area contributed by atoms with E-state index in [9.17, 15) is 28.8 Å². The molecule has 117 heavy (non-hydrogen) atoms. The number of amides is 4. The molecule has 602 valence electrons. The maximum Gasteiger partial charge on any atom is 0.356 e. The van der Waals surface area contributed by atoms with Crippen LogP contribution >= 0.6 is 13.8 Å². The average Bonchev–Trinajstić information content (AvgIpc) is 0.706. The number of hydrogen-bond donors (Lipinski definition) is 2. The number of Topliss-reactive ketones (excluding diaryl/α,β-unsaturated/α-hetero) is 2. The summed E-state index contributed by atoms with van der Waals surface area (Å²) in [6.45, 7) is 21.7. The van der Waals surface area contributed by atoms with Crippen molar-refractivity contribution in [2.45, 2.75) is 122 Å². The van der Waals surface area contributed by atoms with Gasteiger partial charge in [-0.15, -0.1) is 0 Å². The Hall–Kier alpha value is -11.3. The van der Waals surface area contributed by atoms with E-state index in [1.165, 1.54) is 12.2 Å². The van der Waals surface area contributed by atoms with E-state index in [1.54, 1.807) is 107 Å². The van der Waals surface area contributed by atoms with Gasteiger partial charge in [0.1, 0.15) is 24.0 Å². The summed E-state index contributed by atoms with van der Waals surface area (Å²) in [6.07, 6.45) is 8.42. The topological polar surface area (TPSA) is 230 Å². The number of likely N-dealkylation sites (tertiary alicyclic amines) is 2. The van der Waals surface area contributed by atoms with Crippen LogP contribution in [0, 0.1) is 11.8 Å². The molecule has 0 bridgehead atoms. The number of hydrogen-bond acceptors (Lipinski definition) is 14. The average molecular weight is 1640 g/mol. The molecular formula is C95H102N6O12P2Si2. The molecule has 8 aromatic carbocycles. The Balaban J connectivity index is 0.000000230. The van der Waals surface area contributed by atoms with Gasteiger partial charge < -0.3 is 38.8 Å². The van der Waals surface area contributed by atoms with Gasteiger partial charge in [0.15, 0.2) is 28.2 Å². The number of rotatable bonds is 32. The number of aromatic nitrogens is 2. The summed E-state index contributed by atoms with van der Waals surface area (Å²) in [7, 11) is -4.55. The van der Waals surface area contributed by atoms with Crippen LogP contribution in [0.3, 0.4) is 0 Å². The van der Waals surface area contributed by atoms with Gasteiger partial charge >= 0.3 is 11.9 Å². The number of carbonyl (C=O) groups is 8. The van der Waals surface area contributed by atoms with Gasteiger partial charge in [-0.2, -0.15) is 0 Å². The molecular weight excluding hydrogens is 1540 g/mol. The smallest absolute Gasteiger partial charge is 0.356 e. The van der Waals surface area contributed by atoms with Crippen LogP contribution in [0.5, 0.6) is 0 Å². The van der Waals surface area contributed by atoms with Crippen LogP contribution in [-0.4, -0.2) is 132 Å². The molecule has 2 fully saturated rings. The second-order valence-corrected chi connectivity index (χ2v) is 47.3. The van der Waals surface area contributed by atoms with Crippen LogP contribution in [0.1, 0.15) is 79.3 Å². The molecule has 0 radical (unpaired) electrons. The number of ether oxygens (including phenoxy) is 2. The van der Waals surface area contributed by atoms with E-state index >= 15 is 9.59 Å². The van der Waals surface area contributed by atoms with Gasteiger partial charge in [-0.05, 0) is 119 Å². The van der Waals surface area contributed by atoms with Crippen LogP contribution in [0.4, 0.5) is 11.4 Å². The van der Waals surface area contributed by atoms with E-state index in [1.807, 2.05) is 196 Å². The number of pyridine rings is 2. The predicted molar refractivity (Wildman–Crippen MR) is 476 cm³/mol. The molecule has 0 unspecified atom stereocenters. The molecule has 2 aliphatic heterocycles. The molecule has 2 aromatic heterocycles. The van der Waals surface area contributed by atoms with Crippen molar-refractivity contribution in [3.63, 3.8) is 0 Å². The van der Waals surface area contributed by atoms with Crippen molar-refractivity contribution in [1.82, 2.24) is 19.8 Å². The van der Waals surface area contributed by atoms with Gasteiger partial charge in [0.2, 0.25) is 23.6 Å². The molecule has 0 spiro atoms. The number of nitrogens with one attached hydrogen (secondary N) is 2. The van der Waals surface area contributed by atoms with Gasteiger partial charge in [0, 0.05) is 73.9 Å². The molecule has 0 saturated carbocycles. The lowest BCUT2D eigenvalue weighted by Gasteiger charge is -2.53. The fraction of sp³-hybridized carbons (Fsp3) is 0.242. The fourth-order valence-corrected chi connectivity index (χ4v) is 26.6. The Morgan fingerprint density at radius 1 is 0.436 bits per heavy atom. The Morgan fingerprint density at radius 2 is 0.718 bits per heavy atom. The number of anilines is 2. The first-order chi connectivity index (χ1) is 56.1. The van der Waals surface area contributed by atoms with E-state index in [0.717, 1.165) is 43.0 Å². The lowest BCUT2D eigenvalue weighted by atomic mass is 9.79. The zero-order valence-electron chi connectivity index (χ0n) is 67.9. The highest BCUT2D eigenvalue weighted by molar-refractivity contribution is 7.97. The van der Waals surface area contributed by atoms with Gasteiger partial charge in [-0.3, -0.25) is 38.7 Å². The van der Waals surface area contributed by atoms with Gasteiger partial charge in [-0.1, -0.05) is 277 Å². The summed E-state index contributed by atoms with van der Waals surface area (Å²) in [5.74, 6) is -4.16.